The zero-order valence-corrected chi connectivity index (χ0v) is 9.72. The van der Waals surface area contributed by atoms with E-state index in [-0.39, 0.29) is 31.2 Å². The molecule has 1 rings (SSSR count). The van der Waals surface area contributed by atoms with Crippen molar-refractivity contribution in [3.05, 3.63) is 29.8 Å². The summed E-state index contributed by atoms with van der Waals surface area (Å²) < 4.78 is 4.74. The number of phenolic OH excluding ortho intramolecular Hbond substituents is 1. The maximum absolute atomic E-state index is 11.5. The first-order valence-electron chi connectivity index (χ1n) is 5.33. The summed E-state index contributed by atoms with van der Waals surface area (Å²) in [7, 11) is 1.49. The van der Waals surface area contributed by atoms with Crippen LogP contribution in [0.25, 0.3) is 0 Å². The number of amides is 1. The molecule has 0 saturated heterocycles. The number of methoxy groups -OCH3 is 1. The van der Waals surface area contributed by atoms with Gasteiger partial charge in [0.15, 0.2) is 0 Å². The predicted molar refractivity (Wildman–Crippen MR) is 62.7 cm³/mol. The third-order valence-electron chi connectivity index (χ3n) is 2.19. The Kier molecular flexibility index (Phi) is 5.45. The normalized spacial score (nSPS) is 12.1. The van der Waals surface area contributed by atoms with E-state index in [1.165, 1.54) is 19.2 Å². The van der Waals surface area contributed by atoms with Gasteiger partial charge in [-0.3, -0.25) is 4.79 Å². The molecule has 0 aliphatic rings. The number of aliphatic hydroxyl groups excluding tert-OH is 1. The largest absolute Gasteiger partial charge is 0.508 e. The first kappa shape index (κ1) is 13.5. The van der Waals surface area contributed by atoms with Crippen molar-refractivity contribution in [1.82, 2.24) is 5.32 Å². The fourth-order valence-electron chi connectivity index (χ4n) is 1.34. The number of hydrogen-bond acceptors (Lipinski definition) is 4. The Labute approximate surface area is 100 Å². The Balaban J connectivity index is 2.32. The molecule has 1 unspecified atom stereocenters. The summed E-state index contributed by atoms with van der Waals surface area (Å²) in [6, 6.07) is 6.42. The molecular formula is C12H17NO4. The van der Waals surface area contributed by atoms with Gasteiger partial charge in [-0.25, -0.2) is 0 Å². The summed E-state index contributed by atoms with van der Waals surface area (Å²) in [5, 5.41) is 21.0. The molecule has 0 spiro atoms. The van der Waals surface area contributed by atoms with E-state index in [0.717, 1.165) is 5.56 Å². The molecule has 0 aromatic heterocycles. The highest BCUT2D eigenvalue weighted by atomic mass is 16.5. The number of rotatable bonds is 6. The first-order chi connectivity index (χ1) is 8.11. The number of nitrogens with one attached hydrogen (secondary N) is 1. The third-order valence-corrected chi connectivity index (χ3v) is 2.19. The van der Waals surface area contributed by atoms with Crippen LogP contribution in [0.3, 0.4) is 0 Å². The standard InChI is InChI=1S/C12H17NO4/c1-17-8-11(15)7-13-12(16)6-9-2-4-10(14)5-3-9/h2-5,11,14-15H,6-8H2,1H3,(H,13,16). The second kappa shape index (κ2) is 6.88. The highest BCUT2D eigenvalue weighted by Crippen LogP contribution is 2.09. The SMILES string of the molecule is COCC(O)CNC(=O)Cc1ccc(O)cc1. The van der Waals surface area contributed by atoms with Gasteiger partial charge in [0.05, 0.1) is 19.1 Å². The van der Waals surface area contributed by atoms with Gasteiger partial charge in [0.1, 0.15) is 5.75 Å². The average Bonchev–Trinajstić information content (AvgIpc) is 2.30. The van der Waals surface area contributed by atoms with Gasteiger partial charge in [-0.15, -0.1) is 0 Å². The molecule has 17 heavy (non-hydrogen) atoms. The molecule has 1 aromatic rings. The minimum Gasteiger partial charge on any atom is -0.508 e. The fraction of sp³-hybridized carbons (Fsp3) is 0.417. The van der Waals surface area contributed by atoms with Crippen molar-refractivity contribution in [1.29, 1.82) is 0 Å². The van der Waals surface area contributed by atoms with Crippen molar-refractivity contribution in [2.24, 2.45) is 0 Å². The van der Waals surface area contributed by atoms with Crippen LogP contribution in [0.2, 0.25) is 0 Å². The number of benzene rings is 1. The molecular weight excluding hydrogens is 222 g/mol. The van der Waals surface area contributed by atoms with Gasteiger partial charge in [0, 0.05) is 13.7 Å². The molecule has 0 bridgehead atoms. The molecule has 0 heterocycles. The molecule has 0 aliphatic carbocycles. The molecule has 1 atom stereocenters. The van der Waals surface area contributed by atoms with Crippen LogP contribution in [0.4, 0.5) is 0 Å². The third kappa shape index (κ3) is 5.33. The maximum Gasteiger partial charge on any atom is 0.224 e. The number of aliphatic hydroxyl groups is 1. The van der Waals surface area contributed by atoms with Crippen LogP contribution in [0.5, 0.6) is 5.75 Å². The van der Waals surface area contributed by atoms with Crippen molar-refractivity contribution in [2.45, 2.75) is 12.5 Å². The molecule has 1 aromatic carbocycles. The van der Waals surface area contributed by atoms with E-state index in [4.69, 9.17) is 9.84 Å². The van der Waals surface area contributed by atoms with Gasteiger partial charge in [-0.1, -0.05) is 12.1 Å². The van der Waals surface area contributed by atoms with Crippen molar-refractivity contribution in [2.75, 3.05) is 20.3 Å². The molecule has 5 nitrogen and oxygen atoms in total. The van der Waals surface area contributed by atoms with Crippen molar-refractivity contribution in [3.8, 4) is 5.75 Å². The summed E-state index contributed by atoms with van der Waals surface area (Å²) in [6.45, 7) is 0.365. The molecule has 0 radical (unpaired) electrons. The number of ether oxygens (including phenoxy) is 1. The van der Waals surface area contributed by atoms with E-state index in [1.807, 2.05) is 0 Å². The Morgan fingerprint density at radius 3 is 2.65 bits per heavy atom. The number of carbonyl (C=O) groups excluding carboxylic acids is 1. The molecule has 0 fully saturated rings. The lowest BCUT2D eigenvalue weighted by atomic mass is 10.1. The van der Waals surface area contributed by atoms with Crippen LogP contribution in [0, 0.1) is 0 Å². The lowest BCUT2D eigenvalue weighted by Gasteiger charge is -2.10. The second-order valence-corrected chi connectivity index (χ2v) is 3.76. The summed E-state index contributed by atoms with van der Waals surface area (Å²) >= 11 is 0. The van der Waals surface area contributed by atoms with Gasteiger partial charge in [-0.05, 0) is 17.7 Å². The van der Waals surface area contributed by atoms with Crippen LogP contribution in [0.1, 0.15) is 5.56 Å². The van der Waals surface area contributed by atoms with Crippen molar-refractivity contribution < 1.29 is 19.7 Å². The van der Waals surface area contributed by atoms with Gasteiger partial charge in [-0.2, -0.15) is 0 Å². The molecule has 94 valence electrons. The van der Waals surface area contributed by atoms with Gasteiger partial charge >= 0.3 is 0 Å². The van der Waals surface area contributed by atoms with Crippen molar-refractivity contribution in [3.63, 3.8) is 0 Å². The minimum atomic E-state index is -0.691. The Morgan fingerprint density at radius 2 is 2.06 bits per heavy atom. The average molecular weight is 239 g/mol. The summed E-state index contributed by atoms with van der Waals surface area (Å²) in [5.41, 5.74) is 0.807. The zero-order chi connectivity index (χ0) is 12.7. The van der Waals surface area contributed by atoms with Gasteiger partial charge in [0.25, 0.3) is 0 Å². The van der Waals surface area contributed by atoms with E-state index in [1.54, 1.807) is 12.1 Å². The molecule has 1 amide bonds. The molecule has 3 N–H and O–H groups in total. The smallest absolute Gasteiger partial charge is 0.224 e. The number of phenols is 1. The topological polar surface area (TPSA) is 78.8 Å². The summed E-state index contributed by atoms with van der Waals surface area (Å²) in [5.74, 6) is -0.00415. The fourth-order valence-corrected chi connectivity index (χ4v) is 1.34. The van der Waals surface area contributed by atoms with Crippen LogP contribution in [0.15, 0.2) is 24.3 Å². The lowest BCUT2D eigenvalue weighted by molar-refractivity contribution is -0.121. The molecule has 0 saturated carbocycles. The summed E-state index contributed by atoms with van der Waals surface area (Å²) in [6.07, 6.45) is -0.469. The first-order valence-corrected chi connectivity index (χ1v) is 5.33. The Hall–Kier alpha value is -1.59. The number of hydrogen-bond donors (Lipinski definition) is 3. The van der Waals surface area contributed by atoms with E-state index in [9.17, 15) is 9.90 Å². The zero-order valence-electron chi connectivity index (χ0n) is 9.72. The molecule has 0 aliphatic heterocycles. The second-order valence-electron chi connectivity index (χ2n) is 3.76. The number of carbonyl (C=O) groups is 1. The lowest BCUT2D eigenvalue weighted by Crippen LogP contribution is -2.35. The summed E-state index contributed by atoms with van der Waals surface area (Å²) in [4.78, 5) is 11.5. The highest BCUT2D eigenvalue weighted by Gasteiger charge is 2.07. The van der Waals surface area contributed by atoms with Crippen LogP contribution in [-0.4, -0.2) is 42.5 Å². The highest BCUT2D eigenvalue weighted by molar-refractivity contribution is 5.78. The molecule has 5 heteroatoms. The predicted octanol–water partition coefficient (Wildman–Crippen LogP) is 0.0582. The Morgan fingerprint density at radius 1 is 1.41 bits per heavy atom. The van der Waals surface area contributed by atoms with Crippen LogP contribution in [-0.2, 0) is 16.0 Å². The monoisotopic (exact) mass is 239 g/mol. The van der Waals surface area contributed by atoms with Gasteiger partial charge < -0.3 is 20.3 Å². The maximum atomic E-state index is 11.5. The minimum absolute atomic E-state index is 0.171. The van der Waals surface area contributed by atoms with Gasteiger partial charge in [0.2, 0.25) is 5.91 Å². The Bertz CT molecular complexity index is 350. The van der Waals surface area contributed by atoms with Crippen LogP contribution >= 0.6 is 0 Å². The van der Waals surface area contributed by atoms with Crippen LogP contribution < -0.4 is 5.32 Å². The van der Waals surface area contributed by atoms with Crippen molar-refractivity contribution >= 4 is 5.91 Å². The number of aromatic hydroxyl groups is 1. The van der Waals surface area contributed by atoms with E-state index in [0.29, 0.717) is 0 Å². The van der Waals surface area contributed by atoms with E-state index in [2.05, 4.69) is 5.32 Å². The van der Waals surface area contributed by atoms with E-state index < -0.39 is 6.10 Å². The van der Waals surface area contributed by atoms with E-state index >= 15 is 0 Å². The quantitative estimate of drug-likeness (QED) is 0.656.